The number of halogens is 2. The van der Waals surface area contributed by atoms with Crippen LogP contribution in [0.5, 0.6) is 0 Å². The maximum absolute atomic E-state index is 14.1. The number of aliphatic hydroxyl groups excluding tert-OH is 2. The van der Waals surface area contributed by atoms with E-state index < -0.39 is 36.2 Å². The van der Waals surface area contributed by atoms with Crippen LogP contribution in [-0.2, 0) is 14.3 Å². The highest BCUT2D eigenvalue weighted by Gasteiger charge is 2.53. The van der Waals surface area contributed by atoms with E-state index in [1.54, 1.807) is 30.0 Å². The van der Waals surface area contributed by atoms with Gasteiger partial charge in [-0.2, -0.15) is 0 Å². The number of likely N-dealkylation sites (tertiary alicyclic amines) is 1. The van der Waals surface area contributed by atoms with E-state index in [4.69, 9.17) is 27.9 Å². The Kier molecular flexibility index (Phi) is 8.63. The van der Waals surface area contributed by atoms with Crippen LogP contribution in [0.1, 0.15) is 56.2 Å². The van der Waals surface area contributed by atoms with Crippen molar-refractivity contribution in [3.63, 3.8) is 0 Å². The molecular weight excluding hydrogens is 477 g/mol. The lowest BCUT2D eigenvalue weighted by Crippen LogP contribution is -2.58. The summed E-state index contributed by atoms with van der Waals surface area (Å²) in [7, 11) is 1.31. The Morgan fingerprint density at radius 3 is 2.41 bits per heavy atom. The molecule has 1 saturated heterocycles. The number of nitrogens with zero attached hydrogens (tertiary/aromatic N) is 1. The largest absolute Gasteiger partial charge is 0.467 e. The predicted molar refractivity (Wildman–Crippen MR) is 132 cm³/mol. The molecule has 1 aliphatic heterocycles. The fourth-order valence-corrected chi connectivity index (χ4v) is 5.43. The van der Waals surface area contributed by atoms with Gasteiger partial charge in [-0.05, 0) is 54.7 Å². The highest BCUT2D eigenvalue weighted by molar-refractivity contribution is 6.30. The Hall–Kier alpha value is -2.12. The second kappa shape index (κ2) is 11.1. The number of aliphatic hydroxyl groups is 2. The van der Waals surface area contributed by atoms with Crippen LogP contribution in [-0.4, -0.2) is 52.9 Å². The lowest BCUT2D eigenvalue weighted by atomic mass is 9.66. The van der Waals surface area contributed by atoms with Crippen molar-refractivity contribution in [2.24, 2.45) is 5.41 Å². The van der Waals surface area contributed by atoms with Crippen LogP contribution < -0.4 is 0 Å². The van der Waals surface area contributed by atoms with Crippen LogP contribution in [0.4, 0.5) is 0 Å². The summed E-state index contributed by atoms with van der Waals surface area (Å²) in [6.07, 6.45) is -0.268. The molecule has 1 amide bonds. The van der Waals surface area contributed by atoms with Crippen LogP contribution in [0.15, 0.2) is 48.5 Å². The monoisotopic (exact) mass is 507 g/mol. The lowest BCUT2D eigenvalue weighted by Gasteiger charge is -2.51. The van der Waals surface area contributed by atoms with Gasteiger partial charge in [0.2, 0.25) is 5.91 Å². The first-order valence-corrected chi connectivity index (χ1v) is 12.1. The van der Waals surface area contributed by atoms with E-state index in [9.17, 15) is 19.8 Å². The first-order valence-electron chi connectivity index (χ1n) is 11.4. The number of esters is 1. The van der Waals surface area contributed by atoms with E-state index in [1.165, 1.54) is 7.11 Å². The van der Waals surface area contributed by atoms with Gasteiger partial charge in [0.15, 0.2) is 0 Å². The smallest absolute Gasteiger partial charge is 0.328 e. The molecule has 1 fully saturated rings. The zero-order valence-electron chi connectivity index (χ0n) is 19.6. The summed E-state index contributed by atoms with van der Waals surface area (Å²) in [6.45, 7) is 3.15. The molecule has 2 aromatic carbocycles. The summed E-state index contributed by atoms with van der Waals surface area (Å²) in [4.78, 5) is 28.6. The Morgan fingerprint density at radius 2 is 1.85 bits per heavy atom. The van der Waals surface area contributed by atoms with Gasteiger partial charge in [-0.25, -0.2) is 4.79 Å². The third kappa shape index (κ3) is 5.41. The molecule has 0 spiro atoms. The number of ether oxygens (including phenoxy) is 1. The Bertz CT molecular complexity index is 1010. The minimum Gasteiger partial charge on any atom is -0.467 e. The molecule has 3 rings (SSSR count). The summed E-state index contributed by atoms with van der Waals surface area (Å²) in [5.41, 5.74) is 0.712. The average molecular weight is 508 g/mol. The van der Waals surface area contributed by atoms with Gasteiger partial charge in [0.1, 0.15) is 6.04 Å². The molecular formula is C26H31Cl2NO5. The van der Waals surface area contributed by atoms with Crippen molar-refractivity contribution in [1.29, 1.82) is 0 Å². The number of amides is 1. The molecule has 34 heavy (non-hydrogen) atoms. The topological polar surface area (TPSA) is 87.1 Å². The molecule has 8 heteroatoms. The fourth-order valence-electron chi connectivity index (χ4n) is 5.11. The van der Waals surface area contributed by atoms with Crippen LogP contribution in [0, 0.1) is 5.41 Å². The Labute approximate surface area is 210 Å². The quantitative estimate of drug-likeness (QED) is 0.503. The third-order valence-electron chi connectivity index (χ3n) is 6.68. The summed E-state index contributed by atoms with van der Waals surface area (Å²) in [6, 6.07) is 13.4. The normalized spacial score (nSPS) is 24.6. The number of hydrogen-bond acceptors (Lipinski definition) is 5. The standard InChI is InChI=1S/C26H31Cl2NO5/c1-4-22(24(32)34-3)29-23(16-8-10-18(27)11-9-16)21(17-6-5-7-19(28)12-17)14-26(2,25(29)33)13-20(31)15-30/h5-12,20-23,30-31H,4,13-15H2,1-3H3. The van der Waals surface area contributed by atoms with Crippen LogP contribution >= 0.6 is 23.2 Å². The molecule has 6 nitrogen and oxygen atoms in total. The van der Waals surface area contributed by atoms with E-state index in [0.29, 0.717) is 22.9 Å². The molecule has 1 aliphatic rings. The second-order valence-corrected chi connectivity index (χ2v) is 10.00. The van der Waals surface area contributed by atoms with Crippen molar-refractivity contribution in [2.45, 2.75) is 57.2 Å². The summed E-state index contributed by atoms with van der Waals surface area (Å²) in [5.74, 6) is -1.02. The molecule has 0 saturated carbocycles. The number of rotatable bonds is 8. The van der Waals surface area contributed by atoms with Gasteiger partial charge >= 0.3 is 5.97 Å². The van der Waals surface area contributed by atoms with Gasteiger partial charge in [0.25, 0.3) is 0 Å². The van der Waals surface area contributed by atoms with Crippen molar-refractivity contribution in [2.75, 3.05) is 13.7 Å². The molecule has 5 atom stereocenters. The van der Waals surface area contributed by atoms with Crippen LogP contribution in [0.25, 0.3) is 0 Å². The second-order valence-electron chi connectivity index (χ2n) is 9.12. The maximum Gasteiger partial charge on any atom is 0.328 e. The maximum atomic E-state index is 14.1. The lowest BCUT2D eigenvalue weighted by molar-refractivity contribution is -0.167. The number of methoxy groups -OCH3 is 1. The van der Waals surface area contributed by atoms with Crippen molar-refractivity contribution < 1.29 is 24.5 Å². The first kappa shape index (κ1) is 26.5. The van der Waals surface area contributed by atoms with Gasteiger partial charge in [-0.3, -0.25) is 4.79 Å². The summed E-state index contributed by atoms with van der Waals surface area (Å²) >= 11 is 12.5. The molecule has 0 bridgehead atoms. The van der Waals surface area contributed by atoms with E-state index >= 15 is 0 Å². The van der Waals surface area contributed by atoms with Crippen LogP contribution in [0.2, 0.25) is 10.0 Å². The highest BCUT2D eigenvalue weighted by atomic mass is 35.5. The number of carbonyl (C=O) groups excluding carboxylic acids is 2. The fraction of sp³-hybridized carbons (Fsp3) is 0.462. The predicted octanol–water partition coefficient (Wildman–Crippen LogP) is 4.75. The van der Waals surface area contributed by atoms with E-state index in [1.807, 2.05) is 37.3 Å². The van der Waals surface area contributed by atoms with E-state index in [2.05, 4.69) is 0 Å². The minimum atomic E-state index is -1.07. The van der Waals surface area contributed by atoms with Gasteiger partial charge < -0.3 is 19.8 Å². The van der Waals surface area contributed by atoms with Crippen molar-refractivity contribution in [1.82, 2.24) is 4.90 Å². The van der Waals surface area contributed by atoms with Gasteiger partial charge in [-0.15, -0.1) is 0 Å². The molecule has 0 aliphatic carbocycles. The number of carbonyl (C=O) groups is 2. The average Bonchev–Trinajstić information content (AvgIpc) is 2.82. The Balaban J connectivity index is 2.25. The SMILES string of the molecule is CCC(C(=O)OC)N1C(=O)C(C)(CC(O)CO)CC(c2cccc(Cl)c2)C1c1ccc(Cl)cc1. The zero-order valence-corrected chi connectivity index (χ0v) is 21.1. The summed E-state index contributed by atoms with van der Waals surface area (Å²) < 4.78 is 5.07. The molecule has 2 aromatic rings. The molecule has 0 radical (unpaired) electrons. The third-order valence-corrected chi connectivity index (χ3v) is 7.17. The summed E-state index contributed by atoms with van der Waals surface area (Å²) in [5, 5.41) is 20.9. The van der Waals surface area contributed by atoms with Gasteiger partial charge in [0.05, 0.1) is 25.9 Å². The molecule has 184 valence electrons. The van der Waals surface area contributed by atoms with Crippen molar-refractivity contribution in [3.8, 4) is 0 Å². The number of hydrogen-bond donors (Lipinski definition) is 2. The van der Waals surface area contributed by atoms with Gasteiger partial charge in [-0.1, -0.05) is 61.3 Å². The number of benzene rings is 2. The van der Waals surface area contributed by atoms with Crippen molar-refractivity contribution >= 4 is 35.1 Å². The van der Waals surface area contributed by atoms with Crippen molar-refractivity contribution in [3.05, 3.63) is 69.7 Å². The molecule has 2 N–H and O–H groups in total. The molecule has 1 heterocycles. The molecule has 5 unspecified atom stereocenters. The van der Waals surface area contributed by atoms with Crippen LogP contribution in [0.3, 0.4) is 0 Å². The van der Waals surface area contributed by atoms with E-state index in [-0.39, 0.29) is 18.2 Å². The highest BCUT2D eigenvalue weighted by Crippen LogP contribution is 2.52. The van der Waals surface area contributed by atoms with Gasteiger partial charge in [0, 0.05) is 21.4 Å². The zero-order chi connectivity index (χ0) is 25.0. The first-order chi connectivity index (χ1) is 16.1. The number of piperidine rings is 1. The van der Waals surface area contributed by atoms with E-state index in [0.717, 1.165) is 11.1 Å². The minimum absolute atomic E-state index is 0.0564. The molecule has 0 aromatic heterocycles. The Morgan fingerprint density at radius 1 is 1.18 bits per heavy atom.